The van der Waals surface area contributed by atoms with E-state index in [2.05, 4.69) is 6.07 Å². The first-order valence-corrected chi connectivity index (χ1v) is 6.69. The number of benzene rings is 1. The molecule has 1 unspecified atom stereocenters. The second-order valence-electron chi connectivity index (χ2n) is 4.24. The zero-order valence-electron chi connectivity index (χ0n) is 10.9. The predicted octanol–water partition coefficient (Wildman–Crippen LogP) is 3.51. The highest BCUT2D eigenvalue weighted by atomic mass is 35.5. The van der Waals surface area contributed by atoms with Crippen LogP contribution < -0.4 is 0 Å². The third-order valence-electron chi connectivity index (χ3n) is 2.56. The van der Waals surface area contributed by atoms with E-state index in [0.717, 1.165) is 0 Å². The summed E-state index contributed by atoms with van der Waals surface area (Å²) in [5.41, 5.74) is 0.713. The summed E-state index contributed by atoms with van der Waals surface area (Å²) in [6, 6.07) is 7.06. The monoisotopic (exact) mass is 313 g/mol. The molecule has 0 aliphatic carbocycles. The van der Waals surface area contributed by atoms with Crippen molar-refractivity contribution in [1.29, 1.82) is 5.26 Å². The van der Waals surface area contributed by atoms with Crippen LogP contribution in [0.1, 0.15) is 31.2 Å². The molecule has 1 rings (SSSR count). The first-order chi connectivity index (χ1) is 9.43. The summed E-state index contributed by atoms with van der Waals surface area (Å²) in [5.74, 6) is -1.28. The Morgan fingerprint density at radius 1 is 1.35 bits per heavy atom. The van der Waals surface area contributed by atoms with Gasteiger partial charge in [0.15, 0.2) is 0 Å². The highest BCUT2D eigenvalue weighted by molar-refractivity contribution is 6.42. The number of esters is 1. The van der Waals surface area contributed by atoms with Crippen LogP contribution >= 0.6 is 23.2 Å². The van der Waals surface area contributed by atoms with Gasteiger partial charge >= 0.3 is 5.97 Å². The van der Waals surface area contributed by atoms with Gasteiger partial charge in [0, 0.05) is 6.42 Å². The second kappa shape index (κ2) is 7.88. The molecule has 4 nitrogen and oxygen atoms in total. The van der Waals surface area contributed by atoms with Gasteiger partial charge in [-0.3, -0.25) is 9.59 Å². The van der Waals surface area contributed by atoms with Gasteiger partial charge in [-0.1, -0.05) is 29.3 Å². The van der Waals surface area contributed by atoms with E-state index in [4.69, 9.17) is 33.2 Å². The molecule has 6 heteroatoms. The minimum Gasteiger partial charge on any atom is -0.465 e. The Morgan fingerprint density at radius 3 is 2.60 bits per heavy atom. The van der Waals surface area contributed by atoms with Crippen LogP contribution in [0.25, 0.3) is 0 Å². The molecule has 0 fully saturated rings. The van der Waals surface area contributed by atoms with Gasteiger partial charge in [-0.15, -0.1) is 0 Å². The number of rotatable bonds is 6. The summed E-state index contributed by atoms with van der Waals surface area (Å²) < 4.78 is 4.89. The first kappa shape index (κ1) is 16.5. The molecule has 0 saturated heterocycles. The molecule has 0 radical (unpaired) electrons. The molecule has 0 amide bonds. The van der Waals surface area contributed by atoms with Crippen molar-refractivity contribution in [2.45, 2.75) is 25.7 Å². The highest BCUT2D eigenvalue weighted by Gasteiger charge is 2.14. The number of ketones is 1. The van der Waals surface area contributed by atoms with Gasteiger partial charge in [0.05, 0.1) is 28.6 Å². The van der Waals surface area contributed by atoms with Gasteiger partial charge in [0.1, 0.15) is 12.2 Å². The molecule has 0 bridgehead atoms. The van der Waals surface area contributed by atoms with Gasteiger partial charge < -0.3 is 4.74 Å². The summed E-state index contributed by atoms with van der Waals surface area (Å²) in [7, 11) is 0. The van der Waals surface area contributed by atoms with E-state index < -0.39 is 11.9 Å². The molecule has 0 aliphatic rings. The Balaban J connectivity index is 2.56. The fourth-order valence-corrected chi connectivity index (χ4v) is 1.89. The molecule has 1 atom stereocenters. The van der Waals surface area contributed by atoms with Gasteiger partial charge in [0.2, 0.25) is 0 Å². The number of hydrogen-bond donors (Lipinski definition) is 0. The van der Waals surface area contributed by atoms with Crippen LogP contribution in [0.2, 0.25) is 10.0 Å². The largest absolute Gasteiger partial charge is 0.465 e. The molecule has 0 saturated carbocycles. The van der Waals surface area contributed by atoms with Crippen molar-refractivity contribution in [2.24, 2.45) is 0 Å². The Bertz CT molecular complexity index is 552. The molecular weight excluding hydrogens is 301 g/mol. The number of halogens is 2. The Hall–Kier alpha value is -1.57. The number of nitriles is 1. The van der Waals surface area contributed by atoms with Crippen LogP contribution in [-0.4, -0.2) is 18.4 Å². The molecule has 0 heterocycles. The van der Waals surface area contributed by atoms with Crippen molar-refractivity contribution in [3.63, 3.8) is 0 Å². The highest BCUT2D eigenvalue weighted by Crippen LogP contribution is 2.27. The first-order valence-electron chi connectivity index (χ1n) is 5.93. The number of nitrogens with zero attached hydrogens (tertiary/aromatic N) is 1. The average molecular weight is 314 g/mol. The van der Waals surface area contributed by atoms with Crippen LogP contribution in [0.15, 0.2) is 18.2 Å². The fourth-order valence-electron chi connectivity index (χ4n) is 1.58. The number of Topliss-reactive ketones (excluding diaryl/α,β-unsaturated/α-hetero) is 1. The summed E-state index contributed by atoms with van der Waals surface area (Å²) in [5, 5.41) is 9.92. The molecule has 0 spiro atoms. The molecule has 1 aromatic rings. The zero-order valence-corrected chi connectivity index (χ0v) is 12.4. The quantitative estimate of drug-likeness (QED) is 0.595. The van der Waals surface area contributed by atoms with Crippen molar-refractivity contribution in [3.05, 3.63) is 33.8 Å². The summed E-state index contributed by atoms with van der Waals surface area (Å²) in [6.45, 7) is 1.39. The van der Waals surface area contributed by atoms with E-state index >= 15 is 0 Å². The number of carbonyl (C=O) groups excluding carboxylic acids is 2. The second-order valence-corrected chi connectivity index (χ2v) is 5.06. The third-order valence-corrected chi connectivity index (χ3v) is 3.30. The van der Waals surface area contributed by atoms with Gasteiger partial charge in [-0.05, 0) is 24.6 Å². The summed E-state index contributed by atoms with van der Waals surface area (Å²) in [6.07, 6.45) is 0.0854. The van der Waals surface area contributed by atoms with Crippen LogP contribution in [0.4, 0.5) is 0 Å². The lowest BCUT2D eigenvalue weighted by Gasteiger charge is -2.10. The number of ether oxygens (including phenoxy) is 1. The lowest BCUT2D eigenvalue weighted by Crippen LogP contribution is -2.11. The molecular formula is C14H13Cl2NO3. The SMILES string of the molecule is CC(=O)CC(=O)OCCC(C#N)c1ccc(Cl)c(Cl)c1. The van der Waals surface area contributed by atoms with E-state index in [-0.39, 0.29) is 18.8 Å². The number of carbonyl (C=O) groups is 2. The molecule has 1 aromatic carbocycles. The van der Waals surface area contributed by atoms with E-state index in [0.29, 0.717) is 22.0 Å². The Labute approximate surface area is 127 Å². The van der Waals surface area contributed by atoms with Crippen molar-refractivity contribution < 1.29 is 14.3 Å². The minimum absolute atomic E-state index is 0.0740. The lowest BCUT2D eigenvalue weighted by atomic mass is 9.98. The third kappa shape index (κ3) is 5.20. The Kier molecular flexibility index (Phi) is 6.50. The topological polar surface area (TPSA) is 67.2 Å². The standard InChI is InChI=1S/C14H13Cl2NO3/c1-9(18)6-14(19)20-5-4-11(8-17)10-2-3-12(15)13(16)7-10/h2-3,7,11H,4-6H2,1H3. The molecule has 0 N–H and O–H groups in total. The van der Waals surface area contributed by atoms with Gasteiger partial charge in [-0.25, -0.2) is 0 Å². The van der Waals surface area contributed by atoms with Gasteiger partial charge in [0.25, 0.3) is 0 Å². The van der Waals surface area contributed by atoms with E-state index in [1.54, 1.807) is 18.2 Å². The maximum atomic E-state index is 11.2. The average Bonchev–Trinajstić information content (AvgIpc) is 2.37. The summed E-state index contributed by atoms with van der Waals surface area (Å²) in [4.78, 5) is 21.9. The zero-order chi connectivity index (χ0) is 15.1. The van der Waals surface area contributed by atoms with Crippen LogP contribution in [0.3, 0.4) is 0 Å². The molecule has 0 aliphatic heterocycles. The van der Waals surface area contributed by atoms with E-state index in [1.807, 2.05) is 0 Å². The smallest absolute Gasteiger partial charge is 0.313 e. The van der Waals surface area contributed by atoms with Crippen molar-refractivity contribution >= 4 is 35.0 Å². The number of hydrogen-bond acceptors (Lipinski definition) is 4. The van der Waals surface area contributed by atoms with Crippen molar-refractivity contribution in [1.82, 2.24) is 0 Å². The van der Waals surface area contributed by atoms with Crippen LogP contribution in [-0.2, 0) is 14.3 Å². The predicted molar refractivity (Wildman–Crippen MR) is 75.7 cm³/mol. The molecule has 20 heavy (non-hydrogen) atoms. The maximum absolute atomic E-state index is 11.2. The molecule has 106 valence electrons. The maximum Gasteiger partial charge on any atom is 0.313 e. The minimum atomic E-state index is -0.580. The summed E-state index contributed by atoms with van der Waals surface area (Å²) >= 11 is 11.7. The van der Waals surface area contributed by atoms with Crippen molar-refractivity contribution in [3.8, 4) is 6.07 Å². The van der Waals surface area contributed by atoms with E-state index in [1.165, 1.54) is 6.92 Å². The van der Waals surface area contributed by atoms with Crippen LogP contribution in [0.5, 0.6) is 0 Å². The lowest BCUT2D eigenvalue weighted by molar-refractivity contribution is -0.145. The van der Waals surface area contributed by atoms with Crippen molar-refractivity contribution in [2.75, 3.05) is 6.61 Å². The van der Waals surface area contributed by atoms with E-state index in [9.17, 15) is 9.59 Å². The normalized spacial score (nSPS) is 11.5. The van der Waals surface area contributed by atoms with Gasteiger partial charge in [-0.2, -0.15) is 5.26 Å². The fraction of sp³-hybridized carbons (Fsp3) is 0.357. The Morgan fingerprint density at radius 2 is 2.05 bits per heavy atom. The van der Waals surface area contributed by atoms with Crippen LogP contribution in [0, 0.1) is 11.3 Å². The molecule has 0 aromatic heterocycles.